The molecule has 1 aromatic carbocycles. The highest BCUT2D eigenvalue weighted by Crippen LogP contribution is 2.33. The van der Waals surface area contributed by atoms with Gasteiger partial charge in [-0.15, -0.1) is 16.4 Å². The van der Waals surface area contributed by atoms with Gasteiger partial charge < -0.3 is 4.90 Å². The molecular weight excluding hydrogens is 310 g/mol. The molecular formula is C16H15N5OS. The summed E-state index contributed by atoms with van der Waals surface area (Å²) in [7, 11) is 0. The van der Waals surface area contributed by atoms with Crippen LogP contribution in [-0.4, -0.2) is 37.6 Å². The number of amides is 1. The Bertz CT molecular complexity index is 842. The van der Waals surface area contributed by atoms with E-state index in [2.05, 4.69) is 33.9 Å². The summed E-state index contributed by atoms with van der Waals surface area (Å²) in [6.07, 6.45) is 2.44. The first-order chi connectivity index (χ1) is 11.2. The second kappa shape index (κ2) is 5.58. The molecule has 0 radical (unpaired) electrons. The zero-order valence-electron chi connectivity index (χ0n) is 12.6. The molecule has 0 saturated heterocycles. The quantitative estimate of drug-likeness (QED) is 0.726. The number of carbonyl (C=O) groups excluding carboxylic acids is 1. The number of benzene rings is 1. The van der Waals surface area contributed by atoms with Gasteiger partial charge in [-0.25, -0.2) is 4.68 Å². The number of tetrazole rings is 1. The summed E-state index contributed by atoms with van der Waals surface area (Å²) in [6.45, 7) is 2.84. The van der Waals surface area contributed by atoms with E-state index in [0.717, 1.165) is 18.7 Å². The van der Waals surface area contributed by atoms with Gasteiger partial charge in [0.2, 0.25) is 0 Å². The van der Waals surface area contributed by atoms with Gasteiger partial charge in [0.1, 0.15) is 6.33 Å². The molecule has 2 aromatic heterocycles. The Hall–Kier alpha value is -2.54. The summed E-state index contributed by atoms with van der Waals surface area (Å²) < 4.78 is 1.55. The van der Waals surface area contributed by atoms with Crippen molar-refractivity contribution in [3.05, 3.63) is 58.0 Å². The maximum absolute atomic E-state index is 12.9. The summed E-state index contributed by atoms with van der Waals surface area (Å²) in [4.78, 5) is 16.3. The fourth-order valence-electron chi connectivity index (χ4n) is 3.01. The molecule has 1 atom stereocenters. The molecule has 0 fully saturated rings. The number of fused-ring (bicyclic) bond motifs is 1. The van der Waals surface area contributed by atoms with Crippen molar-refractivity contribution in [2.75, 3.05) is 6.54 Å². The van der Waals surface area contributed by atoms with Gasteiger partial charge in [-0.1, -0.05) is 6.07 Å². The molecule has 3 aromatic rings. The van der Waals surface area contributed by atoms with Crippen molar-refractivity contribution >= 4 is 17.2 Å². The third-order valence-corrected chi connectivity index (χ3v) is 5.24. The Kier molecular flexibility index (Phi) is 3.42. The van der Waals surface area contributed by atoms with Crippen molar-refractivity contribution < 1.29 is 4.79 Å². The van der Waals surface area contributed by atoms with Gasteiger partial charge in [0.25, 0.3) is 5.91 Å². The van der Waals surface area contributed by atoms with E-state index in [1.807, 2.05) is 29.2 Å². The highest BCUT2D eigenvalue weighted by atomic mass is 32.1. The maximum Gasteiger partial charge on any atom is 0.254 e. The first-order valence-corrected chi connectivity index (χ1v) is 8.32. The van der Waals surface area contributed by atoms with E-state index in [0.29, 0.717) is 5.56 Å². The monoisotopic (exact) mass is 325 g/mol. The molecule has 1 amide bonds. The van der Waals surface area contributed by atoms with Gasteiger partial charge in [0.15, 0.2) is 0 Å². The van der Waals surface area contributed by atoms with Gasteiger partial charge in [-0.05, 0) is 59.0 Å². The Morgan fingerprint density at radius 3 is 3.09 bits per heavy atom. The van der Waals surface area contributed by atoms with Crippen LogP contribution in [0.4, 0.5) is 0 Å². The van der Waals surface area contributed by atoms with E-state index >= 15 is 0 Å². The van der Waals surface area contributed by atoms with Crippen molar-refractivity contribution in [1.82, 2.24) is 25.1 Å². The lowest BCUT2D eigenvalue weighted by Crippen LogP contribution is -2.38. The zero-order valence-corrected chi connectivity index (χ0v) is 13.4. The van der Waals surface area contributed by atoms with Crippen LogP contribution in [0.5, 0.6) is 0 Å². The van der Waals surface area contributed by atoms with E-state index in [4.69, 9.17) is 0 Å². The lowest BCUT2D eigenvalue weighted by molar-refractivity contribution is 0.0679. The molecule has 0 unspecified atom stereocenters. The highest BCUT2D eigenvalue weighted by Gasteiger charge is 2.29. The second-order valence-electron chi connectivity index (χ2n) is 5.53. The molecule has 0 aliphatic carbocycles. The van der Waals surface area contributed by atoms with Crippen molar-refractivity contribution in [3.8, 4) is 5.69 Å². The topological polar surface area (TPSA) is 63.9 Å². The van der Waals surface area contributed by atoms with E-state index in [1.54, 1.807) is 16.0 Å². The van der Waals surface area contributed by atoms with Gasteiger partial charge in [-0.3, -0.25) is 4.79 Å². The van der Waals surface area contributed by atoms with Crippen LogP contribution in [0.1, 0.15) is 33.8 Å². The number of aromatic nitrogens is 4. The van der Waals surface area contributed by atoms with Crippen molar-refractivity contribution in [1.29, 1.82) is 0 Å². The number of carbonyl (C=O) groups is 1. The minimum absolute atomic E-state index is 0.0456. The van der Waals surface area contributed by atoms with E-state index in [1.165, 1.54) is 16.8 Å². The van der Waals surface area contributed by atoms with Crippen LogP contribution in [-0.2, 0) is 6.42 Å². The van der Waals surface area contributed by atoms with Gasteiger partial charge in [0.05, 0.1) is 11.7 Å². The standard InChI is InChI=1S/C16H15N5OS/c1-11-14-6-8-23-15(14)5-7-20(11)16(22)12-3-2-4-13(9-12)21-10-17-18-19-21/h2-4,6,8-11H,5,7H2,1H3/t11-/m1/s1. The predicted octanol–water partition coefficient (Wildman–Crippen LogP) is 2.48. The number of nitrogens with zero attached hydrogens (tertiary/aromatic N) is 5. The molecule has 4 rings (SSSR count). The van der Waals surface area contributed by atoms with Crippen LogP contribution < -0.4 is 0 Å². The summed E-state index contributed by atoms with van der Waals surface area (Å²) in [5, 5.41) is 13.2. The SMILES string of the molecule is C[C@@H]1c2ccsc2CCN1C(=O)c1cccc(-n2cnnn2)c1. The summed E-state index contributed by atoms with van der Waals surface area (Å²) in [5.74, 6) is 0.0456. The Morgan fingerprint density at radius 1 is 1.35 bits per heavy atom. The molecule has 0 saturated carbocycles. The van der Waals surface area contributed by atoms with Crippen LogP contribution in [0.15, 0.2) is 42.0 Å². The maximum atomic E-state index is 12.9. The van der Waals surface area contributed by atoms with Crippen LogP contribution in [0.3, 0.4) is 0 Å². The Labute approximate surface area is 137 Å². The van der Waals surface area contributed by atoms with Gasteiger partial charge in [-0.2, -0.15) is 0 Å². The zero-order chi connectivity index (χ0) is 15.8. The third kappa shape index (κ3) is 2.43. The lowest BCUT2D eigenvalue weighted by Gasteiger charge is -2.33. The number of thiophene rings is 1. The smallest absolute Gasteiger partial charge is 0.254 e. The molecule has 6 nitrogen and oxygen atoms in total. The average Bonchev–Trinajstić information content (AvgIpc) is 3.26. The van der Waals surface area contributed by atoms with Crippen LogP contribution in [0.2, 0.25) is 0 Å². The van der Waals surface area contributed by atoms with Crippen LogP contribution in [0, 0.1) is 0 Å². The van der Waals surface area contributed by atoms with Crippen molar-refractivity contribution in [2.45, 2.75) is 19.4 Å². The second-order valence-corrected chi connectivity index (χ2v) is 6.53. The van der Waals surface area contributed by atoms with E-state index < -0.39 is 0 Å². The van der Waals surface area contributed by atoms with Gasteiger partial charge >= 0.3 is 0 Å². The first-order valence-electron chi connectivity index (χ1n) is 7.44. The largest absolute Gasteiger partial charge is 0.331 e. The summed E-state index contributed by atoms with van der Waals surface area (Å²) >= 11 is 1.78. The first kappa shape index (κ1) is 14.1. The molecule has 1 aliphatic heterocycles. The van der Waals surface area contributed by atoms with Crippen molar-refractivity contribution in [3.63, 3.8) is 0 Å². The van der Waals surface area contributed by atoms with Crippen LogP contribution >= 0.6 is 11.3 Å². The normalized spacial score (nSPS) is 17.1. The minimum Gasteiger partial charge on any atom is -0.331 e. The number of hydrogen-bond acceptors (Lipinski definition) is 5. The molecule has 116 valence electrons. The Balaban J connectivity index is 1.64. The molecule has 3 heterocycles. The van der Waals surface area contributed by atoms with Crippen molar-refractivity contribution in [2.24, 2.45) is 0 Å². The van der Waals surface area contributed by atoms with E-state index in [9.17, 15) is 4.79 Å². The molecule has 23 heavy (non-hydrogen) atoms. The van der Waals surface area contributed by atoms with Crippen LogP contribution in [0.25, 0.3) is 5.69 Å². The average molecular weight is 325 g/mol. The predicted molar refractivity (Wildman–Crippen MR) is 86.6 cm³/mol. The lowest BCUT2D eigenvalue weighted by atomic mass is 10.0. The number of hydrogen-bond donors (Lipinski definition) is 0. The van der Waals surface area contributed by atoms with Gasteiger partial charge in [0, 0.05) is 17.0 Å². The fourth-order valence-corrected chi connectivity index (χ4v) is 3.98. The molecule has 1 aliphatic rings. The highest BCUT2D eigenvalue weighted by molar-refractivity contribution is 7.10. The number of rotatable bonds is 2. The third-order valence-electron chi connectivity index (χ3n) is 4.24. The molecule has 7 heteroatoms. The van der Waals surface area contributed by atoms with E-state index in [-0.39, 0.29) is 11.9 Å². The fraction of sp³-hybridized carbons (Fsp3) is 0.250. The molecule has 0 N–H and O–H groups in total. The molecule has 0 bridgehead atoms. The molecule has 0 spiro atoms. The Morgan fingerprint density at radius 2 is 2.26 bits per heavy atom. The minimum atomic E-state index is 0.0456. The summed E-state index contributed by atoms with van der Waals surface area (Å²) in [6, 6.07) is 9.63. The summed E-state index contributed by atoms with van der Waals surface area (Å²) in [5.41, 5.74) is 2.71.